The molecule has 18 heavy (non-hydrogen) atoms. The first-order valence-corrected chi connectivity index (χ1v) is 6.74. The van der Waals surface area contributed by atoms with E-state index in [1.165, 1.54) is 0 Å². The lowest BCUT2D eigenvalue weighted by atomic mass is 10.2. The molecular weight excluding hydrogens is 364 g/mol. The molecule has 0 aliphatic heterocycles. The summed E-state index contributed by atoms with van der Waals surface area (Å²) in [5.41, 5.74) is 0.997. The van der Waals surface area contributed by atoms with Crippen LogP contribution in [0.5, 0.6) is 11.5 Å². The molecule has 0 spiro atoms. The highest BCUT2D eigenvalue weighted by atomic mass is 79.9. The molecule has 0 aliphatic rings. The molecule has 0 saturated heterocycles. The number of hydrogen-bond acceptors (Lipinski definition) is 3. The van der Waals surface area contributed by atoms with E-state index in [2.05, 4.69) is 36.8 Å². The number of benzene rings is 1. The van der Waals surface area contributed by atoms with Gasteiger partial charge in [-0.15, -0.1) is 0 Å². The van der Waals surface area contributed by atoms with Gasteiger partial charge >= 0.3 is 0 Å². The molecule has 0 N–H and O–H groups in total. The summed E-state index contributed by atoms with van der Waals surface area (Å²) < 4.78 is 21.4. The van der Waals surface area contributed by atoms with E-state index < -0.39 is 0 Å². The minimum atomic E-state index is 0.188. The number of imidazole rings is 1. The average Bonchev–Trinajstić information content (AvgIpc) is 2.65. The van der Waals surface area contributed by atoms with E-state index in [1.54, 1.807) is 18.8 Å². The van der Waals surface area contributed by atoms with Crippen molar-refractivity contribution in [2.45, 2.75) is 6.54 Å². The molecule has 1 aromatic heterocycles. The molecule has 1 heterocycles. The largest absolute Gasteiger partial charge is 0.493 e. The number of nitrogens with zero attached hydrogens (tertiary/aromatic N) is 2. The van der Waals surface area contributed by atoms with Gasteiger partial charge in [-0.3, -0.25) is 0 Å². The second kappa shape index (κ2) is 5.75. The molecule has 1 aromatic carbocycles. The van der Waals surface area contributed by atoms with Crippen molar-refractivity contribution in [3.05, 3.63) is 39.3 Å². The van der Waals surface area contributed by atoms with Crippen molar-refractivity contribution in [1.82, 2.24) is 9.55 Å². The van der Waals surface area contributed by atoms with E-state index in [4.69, 9.17) is 10.8 Å². The van der Waals surface area contributed by atoms with E-state index >= 15 is 0 Å². The van der Waals surface area contributed by atoms with Gasteiger partial charge in [0, 0.05) is 6.54 Å². The Morgan fingerprint density at radius 2 is 2.00 bits per heavy atom. The van der Waals surface area contributed by atoms with Crippen LogP contribution in [0.2, 0.25) is 0 Å². The zero-order valence-corrected chi connectivity index (χ0v) is 13.1. The summed E-state index contributed by atoms with van der Waals surface area (Å²) in [6.07, 6.45) is 0.188. The quantitative estimate of drug-likeness (QED) is 0.819. The van der Waals surface area contributed by atoms with Gasteiger partial charge in [-0.25, -0.2) is 4.98 Å². The van der Waals surface area contributed by atoms with Crippen LogP contribution < -0.4 is 9.47 Å². The number of aromatic nitrogens is 2. The smallest absolute Gasteiger partial charge is 0.161 e. The van der Waals surface area contributed by atoms with Crippen molar-refractivity contribution < 1.29 is 10.8 Å². The molecule has 4 nitrogen and oxygen atoms in total. The minimum Gasteiger partial charge on any atom is -0.493 e. The molecule has 0 amide bonds. The fourth-order valence-electron chi connectivity index (χ4n) is 1.57. The van der Waals surface area contributed by atoms with E-state index in [-0.39, 0.29) is 6.30 Å². The highest BCUT2D eigenvalue weighted by Crippen LogP contribution is 2.29. The molecule has 0 radical (unpaired) electrons. The monoisotopic (exact) mass is 375 g/mol. The van der Waals surface area contributed by atoms with E-state index in [0.717, 1.165) is 10.2 Å². The Hall–Kier alpha value is -1.01. The third kappa shape index (κ3) is 2.70. The van der Waals surface area contributed by atoms with Gasteiger partial charge < -0.3 is 14.0 Å². The Kier molecular flexibility index (Phi) is 3.85. The van der Waals surface area contributed by atoms with Gasteiger partial charge in [0.1, 0.15) is 10.6 Å². The Balaban J connectivity index is 2.33. The topological polar surface area (TPSA) is 36.3 Å². The first kappa shape index (κ1) is 12.0. The summed E-state index contributed by atoms with van der Waals surface area (Å²) >= 11 is 6.69. The highest BCUT2D eigenvalue weighted by Gasteiger charge is 2.08. The van der Waals surface area contributed by atoms with Crippen molar-refractivity contribution in [2.24, 2.45) is 0 Å². The number of methoxy groups -OCH3 is 2. The molecule has 0 atom stereocenters. The van der Waals surface area contributed by atoms with Crippen molar-refractivity contribution in [3.8, 4) is 11.5 Å². The van der Waals surface area contributed by atoms with Crippen LogP contribution in [0.1, 0.15) is 6.93 Å². The van der Waals surface area contributed by atoms with Gasteiger partial charge in [0.15, 0.2) is 11.5 Å². The second-order valence-electron chi connectivity index (χ2n) is 3.57. The third-order valence-electron chi connectivity index (χ3n) is 2.46. The Morgan fingerprint density at radius 1 is 1.28 bits per heavy atom. The molecule has 0 aliphatic carbocycles. The Morgan fingerprint density at radius 3 is 2.56 bits per heavy atom. The van der Waals surface area contributed by atoms with Gasteiger partial charge in [0.2, 0.25) is 0 Å². The molecule has 2 aromatic rings. The van der Waals surface area contributed by atoms with Crippen LogP contribution in [-0.2, 0) is 6.54 Å². The molecule has 0 saturated carbocycles. The van der Waals surface area contributed by atoms with E-state index in [0.29, 0.717) is 22.6 Å². The molecule has 0 bridgehead atoms. The lowest BCUT2D eigenvalue weighted by molar-refractivity contribution is 0.354. The summed E-state index contributed by atoms with van der Waals surface area (Å²) in [4.78, 5) is 4.03. The van der Waals surface area contributed by atoms with Crippen molar-refractivity contribution in [1.29, 1.82) is 0 Å². The minimum absolute atomic E-state index is 0.188. The van der Waals surface area contributed by atoms with Crippen LogP contribution in [0.3, 0.4) is 0 Å². The van der Waals surface area contributed by atoms with Crippen molar-refractivity contribution in [2.75, 3.05) is 14.2 Å². The summed E-state index contributed by atoms with van der Waals surface area (Å²) in [7, 11) is 3.20. The highest BCUT2D eigenvalue weighted by molar-refractivity contribution is 9.13. The molecule has 0 unspecified atom stereocenters. The standard InChI is InChI=1S/C12H12Br2N2O2/c1-17-9-4-3-8(5-10(9)18-2)6-16-7-15-11(13)12(16)14/h3-5,7H,6H2,1-2H3/i7D. The van der Waals surface area contributed by atoms with Gasteiger partial charge in [-0.05, 0) is 49.6 Å². The maximum Gasteiger partial charge on any atom is 0.161 e. The number of halogens is 2. The van der Waals surface area contributed by atoms with Crippen LogP contribution in [0.25, 0.3) is 0 Å². The normalized spacial score (nSPS) is 11.2. The second-order valence-corrected chi connectivity index (χ2v) is 5.07. The summed E-state index contributed by atoms with van der Waals surface area (Å²) in [6, 6.07) is 5.66. The van der Waals surface area contributed by atoms with Gasteiger partial charge in [0.25, 0.3) is 0 Å². The molecule has 96 valence electrons. The van der Waals surface area contributed by atoms with Crippen LogP contribution in [0.4, 0.5) is 0 Å². The molecule has 6 heteroatoms. The Bertz CT molecular complexity index is 602. The first-order valence-electron chi connectivity index (χ1n) is 5.65. The van der Waals surface area contributed by atoms with E-state index in [1.807, 2.05) is 18.2 Å². The maximum atomic E-state index is 7.79. The Labute approximate surface area is 124 Å². The van der Waals surface area contributed by atoms with Crippen LogP contribution in [0.15, 0.2) is 33.7 Å². The lowest BCUT2D eigenvalue weighted by Crippen LogP contribution is -1.99. The zero-order chi connectivity index (χ0) is 14.0. The number of ether oxygens (including phenoxy) is 2. The average molecular weight is 377 g/mol. The summed E-state index contributed by atoms with van der Waals surface area (Å²) in [6.45, 7) is 0.526. The first-order chi connectivity index (χ1) is 9.06. The molecule has 2 rings (SSSR count). The van der Waals surface area contributed by atoms with Crippen LogP contribution >= 0.6 is 31.9 Å². The van der Waals surface area contributed by atoms with Crippen LogP contribution in [-0.4, -0.2) is 23.8 Å². The van der Waals surface area contributed by atoms with Gasteiger partial charge in [-0.2, -0.15) is 0 Å². The lowest BCUT2D eigenvalue weighted by Gasteiger charge is -2.10. The zero-order valence-electron chi connectivity index (χ0n) is 10.9. The maximum absolute atomic E-state index is 7.79. The number of hydrogen-bond donors (Lipinski definition) is 0. The fourth-order valence-corrected chi connectivity index (χ4v) is 2.16. The van der Waals surface area contributed by atoms with Crippen molar-refractivity contribution in [3.63, 3.8) is 0 Å². The third-order valence-corrected chi connectivity index (χ3v) is 4.35. The predicted octanol–water partition coefficient (Wildman–Crippen LogP) is 3.47. The van der Waals surface area contributed by atoms with Crippen molar-refractivity contribution >= 4 is 31.9 Å². The summed E-state index contributed by atoms with van der Waals surface area (Å²) in [5, 5.41) is 0. The SMILES string of the molecule is [2H]c1nc(Br)c(Br)n1Cc1ccc(OC)c(OC)c1. The fraction of sp³-hybridized carbons (Fsp3) is 0.250. The van der Waals surface area contributed by atoms with E-state index in [9.17, 15) is 0 Å². The van der Waals surface area contributed by atoms with Crippen LogP contribution in [0, 0.1) is 0 Å². The number of rotatable bonds is 4. The molecular formula is C12H12Br2N2O2. The molecule has 0 fully saturated rings. The predicted molar refractivity (Wildman–Crippen MR) is 76.3 cm³/mol. The van der Waals surface area contributed by atoms with Gasteiger partial charge in [0.05, 0.1) is 20.5 Å². The van der Waals surface area contributed by atoms with Gasteiger partial charge in [-0.1, -0.05) is 6.07 Å². The summed E-state index contributed by atoms with van der Waals surface area (Å²) in [5.74, 6) is 1.35.